The first-order chi connectivity index (χ1) is 7.20. The first kappa shape index (κ1) is 9.51. The fourth-order valence-corrected chi connectivity index (χ4v) is 1.28. The smallest absolute Gasteiger partial charge is 0.212 e. The molecule has 0 bridgehead atoms. The molecule has 0 aliphatic rings. The van der Waals surface area contributed by atoms with E-state index in [1.165, 1.54) is 0 Å². The van der Waals surface area contributed by atoms with Crippen LogP contribution in [0.25, 0.3) is 11.3 Å². The predicted octanol–water partition coefficient (Wildman–Crippen LogP) is 1.07. The van der Waals surface area contributed by atoms with E-state index < -0.39 is 0 Å². The van der Waals surface area contributed by atoms with E-state index in [-0.39, 0.29) is 0 Å². The summed E-state index contributed by atoms with van der Waals surface area (Å²) >= 11 is 0. The minimum absolute atomic E-state index is 0.586. The lowest BCUT2D eigenvalue weighted by atomic mass is 10.2. The van der Waals surface area contributed by atoms with Gasteiger partial charge in [0.1, 0.15) is 5.82 Å². The van der Waals surface area contributed by atoms with E-state index in [0.717, 1.165) is 11.3 Å². The molecule has 5 heteroatoms. The maximum Gasteiger partial charge on any atom is 0.212 e. The molecule has 0 fully saturated rings. The van der Waals surface area contributed by atoms with Crippen molar-refractivity contribution in [1.29, 1.82) is 0 Å². The first-order valence-corrected chi connectivity index (χ1v) is 4.50. The van der Waals surface area contributed by atoms with Gasteiger partial charge in [-0.1, -0.05) is 0 Å². The van der Waals surface area contributed by atoms with Gasteiger partial charge in [-0.25, -0.2) is 4.98 Å². The van der Waals surface area contributed by atoms with E-state index in [1.54, 1.807) is 31.1 Å². The fraction of sp³-hybridized carbons (Fsp3) is 0.200. The summed E-state index contributed by atoms with van der Waals surface area (Å²) in [5.41, 5.74) is 7.42. The van der Waals surface area contributed by atoms with Crippen LogP contribution in [-0.4, -0.2) is 21.9 Å². The molecule has 2 rings (SSSR count). The molecule has 5 nitrogen and oxygen atoms in total. The molecule has 0 unspecified atom stereocenters. The monoisotopic (exact) mass is 204 g/mol. The number of aromatic nitrogens is 3. The van der Waals surface area contributed by atoms with E-state index >= 15 is 0 Å². The third-order valence-corrected chi connectivity index (χ3v) is 2.16. The zero-order valence-electron chi connectivity index (χ0n) is 8.64. The summed E-state index contributed by atoms with van der Waals surface area (Å²) in [4.78, 5) is 4.10. The third kappa shape index (κ3) is 1.76. The highest BCUT2D eigenvalue weighted by atomic mass is 16.5. The SMILES string of the molecule is COc1ccc(-c2cc(N)n(C)n2)cn1. The predicted molar refractivity (Wildman–Crippen MR) is 57.4 cm³/mol. The number of anilines is 1. The molecule has 0 radical (unpaired) electrons. The molecule has 78 valence electrons. The van der Waals surface area contributed by atoms with Crippen molar-refractivity contribution in [2.45, 2.75) is 0 Å². The number of nitrogens with two attached hydrogens (primary N) is 1. The van der Waals surface area contributed by atoms with Gasteiger partial charge < -0.3 is 10.5 Å². The van der Waals surface area contributed by atoms with Gasteiger partial charge in [0.25, 0.3) is 0 Å². The van der Waals surface area contributed by atoms with Gasteiger partial charge in [0.2, 0.25) is 5.88 Å². The van der Waals surface area contributed by atoms with Crippen molar-refractivity contribution in [3.05, 3.63) is 24.4 Å². The van der Waals surface area contributed by atoms with Crippen LogP contribution in [0.5, 0.6) is 5.88 Å². The van der Waals surface area contributed by atoms with Crippen LogP contribution in [-0.2, 0) is 7.05 Å². The molecule has 0 aliphatic carbocycles. The summed E-state index contributed by atoms with van der Waals surface area (Å²) in [6.45, 7) is 0. The molecular formula is C10H12N4O. The molecule has 2 aromatic heterocycles. The van der Waals surface area contributed by atoms with Crippen LogP contribution in [0.4, 0.5) is 5.82 Å². The Morgan fingerprint density at radius 1 is 1.40 bits per heavy atom. The fourth-order valence-electron chi connectivity index (χ4n) is 1.28. The number of ether oxygens (including phenoxy) is 1. The summed E-state index contributed by atoms with van der Waals surface area (Å²) in [5.74, 6) is 1.21. The van der Waals surface area contributed by atoms with Crippen LogP contribution in [0.2, 0.25) is 0 Å². The molecule has 0 saturated carbocycles. The first-order valence-electron chi connectivity index (χ1n) is 4.50. The van der Waals surface area contributed by atoms with Crippen molar-refractivity contribution >= 4 is 5.82 Å². The molecule has 0 amide bonds. The largest absolute Gasteiger partial charge is 0.481 e. The topological polar surface area (TPSA) is 66.0 Å². The van der Waals surface area contributed by atoms with Crippen molar-refractivity contribution in [3.63, 3.8) is 0 Å². The summed E-state index contributed by atoms with van der Waals surface area (Å²) < 4.78 is 6.60. The van der Waals surface area contributed by atoms with Gasteiger partial charge in [-0.3, -0.25) is 4.68 Å². The molecular weight excluding hydrogens is 192 g/mol. The molecule has 2 N–H and O–H groups in total. The number of nitrogens with zero attached hydrogens (tertiary/aromatic N) is 3. The quantitative estimate of drug-likeness (QED) is 0.794. The molecule has 2 aromatic rings. The van der Waals surface area contributed by atoms with Crippen LogP contribution < -0.4 is 10.5 Å². The second-order valence-electron chi connectivity index (χ2n) is 3.17. The summed E-state index contributed by atoms with van der Waals surface area (Å²) in [7, 11) is 3.39. The maximum atomic E-state index is 5.69. The number of methoxy groups -OCH3 is 1. The van der Waals surface area contributed by atoms with Crippen LogP contribution in [0, 0.1) is 0 Å². The lowest BCUT2D eigenvalue weighted by Crippen LogP contribution is -1.96. The average molecular weight is 204 g/mol. The summed E-state index contributed by atoms with van der Waals surface area (Å²) in [6, 6.07) is 5.50. The van der Waals surface area contributed by atoms with Gasteiger partial charge in [0.05, 0.1) is 12.8 Å². The number of aryl methyl sites for hydroxylation is 1. The molecule has 0 atom stereocenters. The Hall–Kier alpha value is -2.04. The van der Waals surface area contributed by atoms with Crippen LogP contribution in [0.3, 0.4) is 0 Å². The van der Waals surface area contributed by atoms with E-state index in [9.17, 15) is 0 Å². The highest BCUT2D eigenvalue weighted by molar-refractivity contribution is 5.61. The molecule has 0 spiro atoms. The minimum atomic E-state index is 0.586. The molecule has 0 aliphatic heterocycles. The Morgan fingerprint density at radius 3 is 2.67 bits per heavy atom. The van der Waals surface area contributed by atoms with Crippen molar-refractivity contribution in [3.8, 4) is 17.1 Å². The van der Waals surface area contributed by atoms with E-state index in [2.05, 4.69) is 10.1 Å². The minimum Gasteiger partial charge on any atom is -0.481 e. The van der Waals surface area contributed by atoms with Crippen molar-refractivity contribution in [2.24, 2.45) is 7.05 Å². The lowest BCUT2D eigenvalue weighted by molar-refractivity contribution is 0.398. The lowest BCUT2D eigenvalue weighted by Gasteiger charge is -1.98. The Kier molecular flexibility index (Phi) is 2.29. The van der Waals surface area contributed by atoms with Gasteiger partial charge in [0.15, 0.2) is 0 Å². The van der Waals surface area contributed by atoms with Crippen LogP contribution >= 0.6 is 0 Å². The Balaban J connectivity index is 2.37. The van der Waals surface area contributed by atoms with Crippen molar-refractivity contribution < 1.29 is 4.74 Å². The number of rotatable bonds is 2. The Labute approximate surface area is 87.5 Å². The zero-order valence-corrected chi connectivity index (χ0v) is 8.64. The highest BCUT2D eigenvalue weighted by Gasteiger charge is 2.05. The standard InChI is InChI=1S/C10H12N4O/c1-14-9(11)5-8(13-14)7-3-4-10(15-2)12-6-7/h3-6H,11H2,1-2H3. The second kappa shape index (κ2) is 3.61. The van der Waals surface area contributed by atoms with Crippen molar-refractivity contribution in [2.75, 3.05) is 12.8 Å². The van der Waals surface area contributed by atoms with E-state index in [0.29, 0.717) is 11.7 Å². The number of pyridine rings is 1. The average Bonchev–Trinajstić information content (AvgIpc) is 2.59. The molecule has 15 heavy (non-hydrogen) atoms. The Bertz CT molecular complexity index is 441. The zero-order chi connectivity index (χ0) is 10.8. The van der Waals surface area contributed by atoms with Crippen LogP contribution in [0.1, 0.15) is 0 Å². The number of hydrogen-bond acceptors (Lipinski definition) is 4. The van der Waals surface area contributed by atoms with Crippen LogP contribution in [0.15, 0.2) is 24.4 Å². The van der Waals surface area contributed by atoms with Gasteiger partial charge >= 0.3 is 0 Å². The van der Waals surface area contributed by atoms with Gasteiger partial charge in [-0.15, -0.1) is 0 Å². The summed E-state index contributed by atoms with van der Waals surface area (Å²) in [6.07, 6.45) is 1.71. The second-order valence-corrected chi connectivity index (χ2v) is 3.17. The maximum absolute atomic E-state index is 5.69. The van der Waals surface area contributed by atoms with Crippen molar-refractivity contribution in [1.82, 2.24) is 14.8 Å². The number of hydrogen-bond donors (Lipinski definition) is 1. The third-order valence-electron chi connectivity index (χ3n) is 2.16. The summed E-state index contributed by atoms with van der Waals surface area (Å²) in [5, 5.41) is 4.25. The highest BCUT2D eigenvalue weighted by Crippen LogP contribution is 2.20. The normalized spacial score (nSPS) is 10.3. The van der Waals surface area contributed by atoms with Gasteiger partial charge in [0, 0.05) is 30.9 Å². The van der Waals surface area contributed by atoms with Gasteiger partial charge in [-0.05, 0) is 6.07 Å². The van der Waals surface area contributed by atoms with E-state index in [4.69, 9.17) is 10.5 Å². The molecule has 0 aromatic carbocycles. The van der Waals surface area contributed by atoms with E-state index in [1.807, 2.05) is 12.1 Å². The number of nitrogen functional groups attached to an aromatic ring is 1. The Morgan fingerprint density at radius 2 is 2.20 bits per heavy atom. The van der Waals surface area contributed by atoms with Gasteiger partial charge in [-0.2, -0.15) is 5.10 Å². The molecule has 2 heterocycles. The molecule has 0 saturated heterocycles.